The summed E-state index contributed by atoms with van der Waals surface area (Å²) >= 11 is 0. The first-order valence-corrected chi connectivity index (χ1v) is 8.04. The Morgan fingerprint density at radius 3 is 2.57 bits per heavy atom. The van der Waals surface area contributed by atoms with E-state index >= 15 is 0 Å². The number of rotatable bonds is 3. The number of para-hydroxylation sites is 2. The summed E-state index contributed by atoms with van der Waals surface area (Å²) in [7, 11) is 0. The molecule has 10 heteroatoms. The van der Waals surface area contributed by atoms with Crippen molar-refractivity contribution in [3.63, 3.8) is 0 Å². The van der Waals surface area contributed by atoms with Crippen molar-refractivity contribution in [1.29, 1.82) is 0 Å². The first-order chi connectivity index (χ1) is 13.3. The molecule has 0 aromatic heterocycles. The number of ether oxygens (including phenoxy) is 1. The van der Waals surface area contributed by atoms with Gasteiger partial charge < -0.3 is 4.74 Å². The zero-order valence-electron chi connectivity index (χ0n) is 14.2. The fraction of sp³-hybridized carbons (Fsp3) is 0.167. The molecule has 2 aromatic rings. The Morgan fingerprint density at radius 1 is 1.07 bits per heavy atom. The summed E-state index contributed by atoms with van der Waals surface area (Å²) < 4.78 is 43.4. The van der Waals surface area contributed by atoms with Gasteiger partial charge in [-0.1, -0.05) is 18.2 Å². The second-order valence-electron chi connectivity index (χ2n) is 5.82. The number of nitrogens with zero attached hydrogens (tertiary/aromatic N) is 1. The van der Waals surface area contributed by atoms with E-state index in [0.29, 0.717) is 17.5 Å². The second kappa shape index (κ2) is 7.59. The molecule has 0 radical (unpaired) electrons. The van der Waals surface area contributed by atoms with Gasteiger partial charge in [0.25, 0.3) is 17.7 Å². The number of carbonyl (C=O) groups excluding carboxylic acids is 3. The van der Waals surface area contributed by atoms with Crippen molar-refractivity contribution < 1.29 is 32.3 Å². The highest BCUT2D eigenvalue weighted by Gasteiger charge is 2.31. The van der Waals surface area contributed by atoms with Crippen LogP contribution in [-0.2, 0) is 15.8 Å². The number of nitrogens with one attached hydrogen (secondary N) is 2. The van der Waals surface area contributed by atoms with Gasteiger partial charge in [-0.05, 0) is 30.3 Å². The average molecular weight is 393 g/mol. The third-order valence-corrected chi connectivity index (χ3v) is 3.88. The van der Waals surface area contributed by atoms with Crippen LogP contribution in [-0.4, -0.2) is 30.9 Å². The Balaban J connectivity index is 1.62. The zero-order valence-corrected chi connectivity index (χ0v) is 14.2. The Kier molecular flexibility index (Phi) is 5.21. The van der Waals surface area contributed by atoms with Crippen molar-refractivity contribution in [2.45, 2.75) is 6.18 Å². The largest absolute Gasteiger partial charge is 0.482 e. The van der Waals surface area contributed by atoms with Gasteiger partial charge in [-0.2, -0.15) is 13.2 Å². The van der Waals surface area contributed by atoms with Gasteiger partial charge >= 0.3 is 6.18 Å². The lowest BCUT2D eigenvalue weighted by atomic mass is 10.1. The minimum Gasteiger partial charge on any atom is -0.482 e. The van der Waals surface area contributed by atoms with Crippen LogP contribution in [0.4, 0.5) is 18.9 Å². The number of benzene rings is 2. The van der Waals surface area contributed by atoms with Crippen LogP contribution in [0.25, 0.3) is 0 Å². The molecule has 3 rings (SSSR count). The molecule has 0 saturated heterocycles. The highest BCUT2D eigenvalue weighted by molar-refractivity contribution is 6.02. The van der Waals surface area contributed by atoms with Gasteiger partial charge in [0, 0.05) is 5.56 Å². The van der Waals surface area contributed by atoms with Crippen LogP contribution >= 0.6 is 0 Å². The van der Waals surface area contributed by atoms with E-state index in [-0.39, 0.29) is 12.2 Å². The maximum absolute atomic E-state index is 12.7. The van der Waals surface area contributed by atoms with E-state index in [1.54, 1.807) is 24.3 Å². The van der Waals surface area contributed by atoms with Crippen LogP contribution in [0, 0.1) is 0 Å². The summed E-state index contributed by atoms with van der Waals surface area (Å²) in [6.45, 7) is -0.636. The van der Waals surface area contributed by atoms with Gasteiger partial charge in [0.05, 0.1) is 11.3 Å². The first-order valence-electron chi connectivity index (χ1n) is 8.04. The Bertz CT molecular complexity index is 930. The van der Waals surface area contributed by atoms with Crippen LogP contribution in [0.2, 0.25) is 0 Å². The fourth-order valence-corrected chi connectivity index (χ4v) is 2.55. The minimum absolute atomic E-state index is 0.235. The minimum atomic E-state index is -4.59. The number of anilines is 1. The summed E-state index contributed by atoms with van der Waals surface area (Å²) in [5.41, 5.74) is 3.26. The maximum Gasteiger partial charge on any atom is 0.416 e. The van der Waals surface area contributed by atoms with Crippen molar-refractivity contribution in [1.82, 2.24) is 10.9 Å². The molecule has 1 aliphatic rings. The van der Waals surface area contributed by atoms with Crippen LogP contribution in [0.15, 0.2) is 48.5 Å². The van der Waals surface area contributed by atoms with Crippen molar-refractivity contribution >= 4 is 23.4 Å². The summed E-state index contributed by atoms with van der Waals surface area (Å²) in [5.74, 6) is -1.67. The predicted molar refractivity (Wildman–Crippen MR) is 91.3 cm³/mol. The Labute approximate surface area is 157 Å². The highest BCUT2D eigenvalue weighted by Crippen LogP contribution is 2.31. The van der Waals surface area contributed by atoms with E-state index in [1.165, 1.54) is 11.0 Å². The molecule has 3 amide bonds. The molecule has 7 nitrogen and oxygen atoms in total. The third-order valence-electron chi connectivity index (χ3n) is 3.88. The van der Waals surface area contributed by atoms with Crippen molar-refractivity contribution in [3.8, 4) is 5.75 Å². The Morgan fingerprint density at radius 2 is 1.82 bits per heavy atom. The lowest BCUT2D eigenvalue weighted by Crippen LogP contribution is -2.49. The summed E-state index contributed by atoms with van der Waals surface area (Å²) in [4.78, 5) is 37.3. The molecule has 0 saturated carbocycles. The maximum atomic E-state index is 12.7. The van der Waals surface area contributed by atoms with E-state index in [1.807, 2.05) is 5.43 Å². The molecular weight excluding hydrogens is 379 g/mol. The standard InChI is InChI=1S/C18H14F3N3O4/c19-18(20,21)12-5-3-4-11(8-12)17(27)23-22-15(25)9-24-13-6-1-2-7-14(13)28-10-16(24)26/h1-8H,9-10H2,(H,22,25)(H,23,27). The number of carbonyl (C=O) groups is 3. The average Bonchev–Trinajstić information content (AvgIpc) is 2.68. The zero-order chi connectivity index (χ0) is 20.3. The molecular formula is C18H14F3N3O4. The van der Waals surface area contributed by atoms with Crippen LogP contribution in [0.3, 0.4) is 0 Å². The number of halogens is 3. The normalized spacial score (nSPS) is 13.4. The van der Waals surface area contributed by atoms with Gasteiger partial charge in [-0.25, -0.2) is 0 Å². The van der Waals surface area contributed by atoms with E-state index in [4.69, 9.17) is 4.74 Å². The van der Waals surface area contributed by atoms with Crippen molar-refractivity contribution in [3.05, 3.63) is 59.7 Å². The lowest BCUT2D eigenvalue weighted by Gasteiger charge is -2.28. The summed E-state index contributed by atoms with van der Waals surface area (Å²) in [6, 6.07) is 10.4. The first kappa shape index (κ1) is 19.2. The SMILES string of the molecule is O=C(CN1C(=O)COc2ccccc21)NNC(=O)c1cccc(C(F)(F)F)c1. The van der Waals surface area contributed by atoms with E-state index in [2.05, 4.69) is 5.43 Å². The number of fused-ring (bicyclic) bond motifs is 1. The molecule has 146 valence electrons. The Hall–Kier alpha value is -3.56. The molecule has 2 N–H and O–H groups in total. The van der Waals surface area contributed by atoms with E-state index in [9.17, 15) is 27.6 Å². The molecule has 0 spiro atoms. The topological polar surface area (TPSA) is 87.7 Å². The lowest BCUT2D eigenvalue weighted by molar-refractivity contribution is -0.137. The van der Waals surface area contributed by atoms with Gasteiger partial charge in [0.1, 0.15) is 12.3 Å². The van der Waals surface area contributed by atoms with E-state index in [0.717, 1.165) is 12.1 Å². The summed E-state index contributed by atoms with van der Waals surface area (Å²) in [6.07, 6.45) is -4.59. The van der Waals surface area contributed by atoms with Gasteiger partial charge in [-0.15, -0.1) is 0 Å². The van der Waals surface area contributed by atoms with E-state index < -0.39 is 36.0 Å². The molecule has 28 heavy (non-hydrogen) atoms. The number of amides is 3. The van der Waals surface area contributed by atoms with Crippen LogP contribution in [0.5, 0.6) is 5.75 Å². The third kappa shape index (κ3) is 4.22. The number of hydrogen-bond donors (Lipinski definition) is 2. The number of alkyl halides is 3. The molecule has 0 fully saturated rings. The second-order valence-corrected chi connectivity index (χ2v) is 5.82. The quantitative estimate of drug-likeness (QED) is 0.780. The van der Waals surface area contributed by atoms with Crippen LogP contribution < -0.4 is 20.5 Å². The smallest absolute Gasteiger partial charge is 0.416 e. The highest BCUT2D eigenvalue weighted by atomic mass is 19.4. The molecule has 0 bridgehead atoms. The van der Waals surface area contributed by atoms with Crippen LogP contribution in [0.1, 0.15) is 15.9 Å². The molecule has 0 atom stereocenters. The van der Waals surface area contributed by atoms with Crippen molar-refractivity contribution in [2.24, 2.45) is 0 Å². The molecule has 0 unspecified atom stereocenters. The number of hydrogen-bond acceptors (Lipinski definition) is 4. The van der Waals surface area contributed by atoms with Gasteiger partial charge in [-0.3, -0.25) is 30.1 Å². The van der Waals surface area contributed by atoms with Gasteiger partial charge in [0.15, 0.2) is 6.61 Å². The molecule has 0 aliphatic carbocycles. The van der Waals surface area contributed by atoms with Crippen molar-refractivity contribution in [2.75, 3.05) is 18.1 Å². The predicted octanol–water partition coefficient (Wildman–Crippen LogP) is 1.89. The molecule has 1 heterocycles. The molecule has 1 aliphatic heterocycles. The molecule has 2 aromatic carbocycles. The fourth-order valence-electron chi connectivity index (χ4n) is 2.55. The van der Waals surface area contributed by atoms with Gasteiger partial charge in [0.2, 0.25) is 0 Å². The summed E-state index contributed by atoms with van der Waals surface area (Å²) in [5, 5.41) is 0. The number of hydrazine groups is 1. The monoisotopic (exact) mass is 393 g/mol.